The highest BCUT2D eigenvalue weighted by atomic mass is 16.3. The Morgan fingerprint density at radius 1 is 1.10 bits per heavy atom. The average molecular weight is 403 g/mol. The van der Waals surface area contributed by atoms with E-state index in [1.165, 1.54) is 23.9 Å². The second kappa shape index (κ2) is 6.36. The van der Waals surface area contributed by atoms with Crippen molar-refractivity contribution < 1.29 is 5.11 Å². The van der Waals surface area contributed by atoms with Crippen LogP contribution in [0.1, 0.15) is 56.8 Å². The Morgan fingerprint density at radius 2 is 1.90 bits per heavy atom. The lowest BCUT2D eigenvalue weighted by molar-refractivity contribution is 0.0739. The molecule has 154 valence electrons. The SMILES string of the molecule is CC(C)(O)c1ccc(-c2cnn3c2nc(C2CC4CCC(C2)N4)c2cc[nH]c23)cn1. The summed E-state index contributed by atoms with van der Waals surface area (Å²) < 4.78 is 1.90. The van der Waals surface area contributed by atoms with Crippen molar-refractivity contribution in [3.8, 4) is 11.1 Å². The fourth-order valence-electron chi connectivity index (χ4n) is 5.24. The first-order chi connectivity index (χ1) is 14.5. The third-order valence-corrected chi connectivity index (χ3v) is 6.74. The summed E-state index contributed by atoms with van der Waals surface area (Å²) >= 11 is 0. The summed E-state index contributed by atoms with van der Waals surface area (Å²) in [5.41, 5.74) is 4.62. The molecule has 0 aromatic carbocycles. The lowest BCUT2D eigenvalue weighted by Crippen LogP contribution is -2.37. The fraction of sp³-hybridized carbons (Fsp3) is 0.435. The van der Waals surface area contributed by atoms with Crippen LogP contribution in [0.15, 0.2) is 36.8 Å². The summed E-state index contributed by atoms with van der Waals surface area (Å²) in [7, 11) is 0. The number of nitrogens with zero attached hydrogens (tertiary/aromatic N) is 4. The molecule has 0 saturated carbocycles. The van der Waals surface area contributed by atoms with E-state index in [1.54, 1.807) is 20.0 Å². The monoisotopic (exact) mass is 402 g/mol. The zero-order valence-electron chi connectivity index (χ0n) is 17.3. The zero-order valence-corrected chi connectivity index (χ0v) is 17.3. The van der Waals surface area contributed by atoms with Crippen LogP contribution in [0.3, 0.4) is 0 Å². The van der Waals surface area contributed by atoms with Gasteiger partial charge >= 0.3 is 0 Å². The summed E-state index contributed by atoms with van der Waals surface area (Å²) in [6, 6.07) is 7.22. The molecular weight excluding hydrogens is 376 g/mol. The summed E-state index contributed by atoms with van der Waals surface area (Å²) in [4.78, 5) is 13.0. The minimum absolute atomic E-state index is 0.463. The molecular formula is C23H26N6O. The lowest BCUT2D eigenvalue weighted by atomic mass is 9.88. The Hall–Kier alpha value is -2.77. The maximum atomic E-state index is 10.2. The van der Waals surface area contributed by atoms with Gasteiger partial charge in [0.15, 0.2) is 5.65 Å². The quantitative estimate of drug-likeness (QED) is 0.488. The minimum Gasteiger partial charge on any atom is -0.384 e. The van der Waals surface area contributed by atoms with E-state index in [0.29, 0.717) is 23.7 Å². The van der Waals surface area contributed by atoms with Gasteiger partial charge in [0.1, 0.15) is 11.2 Å². The molecule has 2 aliphatic rings. The smallest absolute Gasteiger partial charge is 0.165 e. The molecule has 2 atom stereocenters. The molecule has 2 unspecified atom stereocenters. The molecule has 30 heavy (non-hydrogen) atoms. The number of nitrogens with one attached hydrogen (secondary N) is 2. The largest absolute Gasteiger partial charge is 0.384 e. The number of hydrogen-bond donors (Lipinski definition) is 3. The number of aromatic nitrogens is 5. The maximum Gasteiger partial charge on any atom is 0.165 e. The van der Waals surface area contributed by atoms with Crippen LogP contribution < -0.4 is 5.32 Å². The van der Waals surface area contributed by atoms with Gasteiger partial charge < -0.3 is 15.4 Å². The number of fused-ring (bicyclic) bond motifs is 5. The van der Waals surface area contributed by atoms with Crippen LogP contribution in [0, 0.1) is 0 Å². The molecule has 7 heteroatoms. The minimum atomic E-state index is -0.962. The molecule has 0 amide bonds. The van der Waals surface area contributed by atoms with Crippen LogP contribution in [-0.2, 0) is 5.60 Å². The number of H-pyrrole nitrogens is 1. The van der Waals surface area contributed by atoms with Crippen molar-refractivity contribution in [2.75, 3.05) is 0 Å². The summed E-state index contributed by atoms with van der Waals surface area (Å²) in [5.74, 6) is 0.463. The first kappa shape index (κ1) is 18.0. The Kier molecular flexibility index (Phi) is 3.82. The van der Waals surface area contributed by atoms with Crippen LogP contribution in [0.25, 0.3) is 27.8 Å². The summed E-state index contributed by atoms with van der Waals surface area (Å²) in [6.45, 7) is 3.48. The number of aromatic amines is 1. The molecule has 2 bridgehead atoms. The van der Waals surface area contributed by atoms with Crippen molar-refractivity contribution in [1.29, 1.82) is 0 Å². The van der Waals surface area contributed by atoms with Gasteiger partial charge in [-0.05, 0) is 51.7 Å². The third-order valence-electron chi connectivity index (χ3n) is 6.74. The van der Waals surface area contributed by atoms with E-state index in [0.717, 1.165) is 35.3 Å². The predicted molar refractivity (Wildman–Crippen MR) is 115 cm³/mol. The van der Waals surface area contributed by atoms with Crippen LogP contribution in [0.4, 0.5) is 0 Å². The number of hydrogen-bond acceptors (Lipinski definition) is 5. The highest BCUT2D eigenvalue weighted by molar-refractivity contribution is 5.86. The number of aliphatic hydroxyl groups is 1. The van der Waals surface area contributed by atoms with Gasteiger partial charge in [0, 0.05) is 46.9 Å². The van der Waals surface area contributed by atoms with E-state index in [-0.39, 0.29) is 0 Å². The van der Waals surface area contributed by atoms with Crippen molar-refractivity contribution in [1.82, 2.24) is 29.9 Å². The van der Waals surface area contributed by atoms with Gasteiger partial charge in [0.05, 0.1) is 17.6 Å². The van der Waals surface area contributed by atoms with E-state index >= 15 is 0 Å². The second-order valence-corrected chi connectivity index (χ2v) is 9.33. The average Bonchev–Trinajstić information content (AvgIpc) is 3.44. The molecule has 6 rings (SSSR count). The molecule has 0 radical (unpaired) electrons. The Labute approximate surface area is 174 Å². The van der Waals surface area contributed by atoms with E-state index in [2.05, 4.69) is 26.4 Å². The Bertz CT molecular complexity index is 1220. The van der Waals surface area contributed by atoms with Crippen LogP contribution in [-0.4, -0.2) is 41.8 Å². The lowest BCUT2D eigenvalue weighted by Gasteiger charge is -2.29. The van der Waals surface area contributed by atoms with Crippen molar-refractivity contribution in [3.63, 3.8) is 0 Å². The van der Waals surface area contributed by atoms with Gasteiger partial charge in [-0.2, -0.15) is 9.61 Å². The van der Waals surface area contributed by atoms with Gasteiger partial charge in [-0.1, -0.05) is 6.07 Å². The molecule has 7 nitrogen and oxygen atoms in total. The Balaban J connectivity index is 1.49. The maximum absolute atomic E-state index is 10.2. The van der Waals surface area contributed by atoms with Crippen molar-refractivity contribution >= 4 is 16.7 Å². The Morgan fingerprint density at radius 3 is 2.60 bits per heavy atom. The zero-order chi connectivity index (χ0) is 20.5. The molecule has 0 aliphatic carbocycles. The van der Waals surface area contributed by atoms with Crippen molar-refractivity contribution in [3.05, 3.63) is 48.2 Å². The van der Waals surface area contributed by atoms with Crippen LogP contribution in [0.2, 0.25) is 0 Å². The molecule has 2 fully saturated rings. The molecule has 2 aliphatic heterocycles. The van der Waals surface area contributed by atoms with Gasteiger partial charge in [-0.15, -0.1) is 0 Å². The highest BCUT2D eigenvalue weighted by Crippen LogP contribution is 2.39. The van der Waals surface area contributed by atoms with E-state index in [9.17, 15) is 5.11 Å². The fourth-order valence-corrected chi connectivity index (χ4v) is 5.24. The van der Waals surface area contributed by atoms with E-state index in [4.69, 9.17) is 4.98 Å². The van der Waals surface area contributed by atoms with Gasteiger partial charge in [-0.3, -0.25) is 4.98 Å². The second-order valence-electron chi connectivity index (χ2n) is 9.33. The van der Waals surface area contributed by atoms with Crippen LogP contribution >= 0.6 is 0 Å². The molecule has 6 heterocycles. The summed E-state index contributed by atoms with van der Waals surface area (Å²) in [6.07, 6.45) is 10.5. The van der Waals surface area contributed by atoms with Crippen LogP contribution in [0.5, 0.6) is 0 Å². The van der Waals surface area contributed by atoms with E-state index < -0.39 is 5.60 Å². The standard InChI is InChI=1S/C23H26N6O/c1-23(2,30)19-6-3-13(11-25-19)18-12-26-29-21-17(7-8-24-21)20(28-22(18)29)14-9-15-4-5-16(10-14)27-15/h3,6-8,11-12,14-16,24,27,30H,4-5,9-10H2,1-2H3. The first-order valence-corrected chi connectivity index (χ1v) is 10.8. The topological polar surface area (TPSA) is 91.1 Å². The third kappa shape index (κ3) is 2.76. The van der Waals surface area contributed by atoms with Gasteiger partial charge in [0.2, 0.25) is 0 Å². The highest BCUT2D eigenvalue weighted by Gasteiger charge is 2.36. The normalized spacial score (nSPS) is 24.2. The van der Waals surface area contributed by atoms with Crippen molar-refractivity contribution in [2.45, 2.75) is 63.1 Å². The van der Waals surface area contributed by atoms with Gasteiger partial charge in [0.25, 0.3) is 0 Å². The number of pyridine rings is 1. The van der Waals surface area contributed by atoms with Gasteiger partial charge in [-0.25, -0.2) is 4.98 Å². The first-order valence-electron chi connectivity index (χ1n) is 10.8. The molecule has 2 saturated heterocycles. The molecule has 0 spiro atoms. The molecule has 4 aromatic heterocycles. The molecule has 4 aromatic rings. The number of piperidine rings is 1. The predicted octanol–water partition coefficient (Wildman–Crippen LogP) is 3.50. The van der Waals surface area contributed by atoms with Crippen molar-refractivity contribution in [2.24, 2.45) is 0 Å². The molecule has 3 N–H and O–H groups in total. The summed E-state index contributed by atoms with van der Waals surface area (Å²) in [5, 5.41) is 19.7. The number of rotatable bonds is 3. The van der Waals surface area contributed by atoms with E-state index in [1.807, 2.05) is 29.0 Å².